The summed E-state index contributed by atoms with van der Waals surface area (Å²) < 4.78 is 4.93. The third kappa shape index (κ3) is 2.64. The average molecular weight is 237 g/mol. The lowest BCUT2D eigenvalue weighted by Gasteiger charge is -2.19. The van der Waals surface area contributed by atoms with Crippen molar-refractivity contribution >= 4 is 11.8 Å². The standard InChI is InChI=1S/C11H15N3O3/c1-7-5-8(13-17-7)6-14(2)11(16)9-3-4-10(15)12-9/h5,9H,3-4,6H2,1-2H3,(H,12,15). The maximum absolute atomic E-state index is 12.0. The molecule has 0 bridgehead atoms. The van der Waals surface area contributed by atoms with E-state index in [4.69, 9.17) is 4.52 Å². The monoisotopic (exact) mass is 237 g/mol. The van der Waals surface area contributed by atoms with Crippen LogP contribution < -0.4 is 5.32 Å². The second-order valence-corrected chi connectivity index (χ2v) is 4.28. The summed E-state index contributed by atoms with van der Waals surface area (Å²) in [6, 6.07) is 1.40. The van der Waals surface area contributed by atoms with Crippen molar-refractivity contribution in [2.75, 3.05) is 7.05 Å². The lowest BCUT2D eigenvalue weighted by molar-refractivity contribution is -0.133. The van der Waals surface area contributed by atoms with Crippen molar-refractivity contribution in [3.05, 3.63) is 17.5 Å². The second-order valence-electron chi connectivity index (χ2n) is 4.28. The Balaban J connectivity index is 1.93. The molecule has 0 radical (unpaired) electrons. The molecular weight excluding hydrogens is 222 g/mol. The van der Waals surface area contributed by atoms with Gasteiger partial charge in [0.25, 0.3) is 0 Å². The van der Waals surface area contributed by atoms with Gasteiger partial charge in [0, 0.05) is 19.5 Å². The number of rotatable bonds is 3. The van der Waals surface area contributed by atoms with Crippen LogP contribution in [0.1, 0.15) is 24.3 Å². The van der Waals surface area contributed by atoms with Gasteiger partial charge in [0.2, 0.25) is 11.8 Å². The van der Waals surface area contributed by atoms with E-state index in [-0.39, 0.29) is 17.9 Å². The van der Waals surface area contributed by atoms with E-state index < -0.39 is 0 Å². The molecule has 1 unspecified atom stereocenters. The predicted octanol–water partition coefficient (Wildman–Crippen LogP) is 0.220. The molecule has 1 fully saturated rings. The minimum atomic E-state index is -0.388. The van der Waals surface area contributed by atoms with Crippen LogP contribution in [0, 0.1) is 6.92 Å². The Morgan fingerprint density at radius 1 is 1.71 bits per heavy atom. The normalized spacial score (nSPS) is 19.2. The quantitative estimate of drug-likeness (QED) is 0.816. The number of amides is 2. The number of aryl methyl sites for hydroxylation is 1. The molecule has 1 aromatic rings. The summed E-state index contributed by atoms with van der Waals surface area (Å²) in [5.41, 5.74) is 0.711. The van der Waals surface area contributed by atoms with Gasteiger partial charge in [-0.2, -0.15) is 0 Å². The zero-order chi connectivity index (χ0) is 12.4. The van der Waals surface area contributed by atoms with Crippen molar-refractivity contribution in [3.63, 3.8) is 0 Å². The van der Waals surface area contributed by atoms with Crippen LogP contribution in [0.25, 0.3) is 0 Å². The summed E-state index contributed by atoms with van der Waals surface area (Å²) in [5.74, 6) is 0.570. The van der Waals surface area contributed by atoms with E-state index in [9.17, 15) is 9.59 Å². The zero-order valence-corrected chi connectivity index (χ0v) is 9.90. The van der Waals surface area contributed by atoms with Gasteiger partial charge in [0.1, 0.15) is 17.5 Å². The second kappa shape index (κ2) is 4.57. The minimum Gasteiger partial charge on any atom is -0.361 e. The molecule has 6 nitrogen and oxygen atoms in total. The number of nitrogens with zero attached hydrogens (tertiary/aromatic N) is 2. The number of aromatic nitrogens is 1. The van der Waals surface area contributed by atoms with E-state index in [0.717, 1.165) is 5.76 Å². The Morgan fingerprint density at radius 2 is 2.47 bits per heavy atom. The highest BCUT2D eigenvalue weighted by Gasteiger charge is 2.29. The van der Waals surface area contributed by atoms with Crippen molar-refractivity contribution < 1.29 is 14.1 Å². The van der Waals surface area contributed by atoms with Crippen LogP contribution in [0.15, 0.2) is 10.6 Å². The first-order chi connectivity index (χ1) is 8.06. The van der Waals surface area contributed by atoms with Crippen molar-refractivity contribution in [2.45, 2.75) is 32.4 Å². The van der Waals surface area contributed by atoms with E-state index in [1.165, 1.54) is 0 Å². The Hall–Kier alpha value is -1.85. The number of carbonyl (C=O) groups excluding carboxylic acids is 2. The minimum absolute atomic E-state index is 0.0611. The molecule has 6 heteroatoms. The molecule has 1 atom stereocenters. The first kappa shape index (κ1) is 11.6. The van der Waals surface area contributed by atoms with Crippen molar-refractivity contribution in [1.82, 2.24) is 15.4 Å². The zero-order valence-electron chi connectivity index (χ0n) is 9.90. The van der Waals surface area contributed by atoms with Crippen LogP contribution in [-0.4, -0.2) is 35.0 Å². The molecule has 2 heterocycles. The summed E-state index contributed by atoms with van der Waals surface area (Å²) >= 11 is 0. The summed E-state index contributed by atoms with van der Waals surface area (Å²) in [6.45, 7) is 2.19. The number of carbonyl (C=O) groups is 2. The Morgan fingerprint density at radius 3 is 3.00 bits per heavy atom. The van der Waals surface area contributed by atoms with Crippen LogP contribution in [0.2, 0.25) is 0 Å². The highest BCUT2D eigenvalue weighted by atomic mass is 16.5. The Bertz CT molecular complexity index is 441. The molecule has 1 aromatic heterocycles. The molecule has 1 N–H and O–H groups in total. The fraction of sp³-hybridized carbons (Fsp3) is 0.545. The van der Waals surface area contributed by atoms with Crippen LogP contribution in [0.5, 0.6) is 0 Å². The summed E-state index contributed by atoms with van der Waals surface area (Å²) in [6.07, 6.45) is 0.993. The number of hydrogen-bond acceptors (Lipinski definition) is 4. The maximum atomic E-state index is 12.0. The summed E-state index contributed by atoms with van der Waals surface area (Å²) in [7, 11) is 1.69. The molecule has 0 aliphatic carbocycles. The molecule has 0 saturated carbocycles. The summed E-state index contributed by atoms with van der Waals surface area (Å²) in [4.78, 5) is 24.5. The molecule has 2 amide bonds. The number of nitrogens with one attached hydrogen (secondary N) is 1. The van der Waals surface area contributed by atoms with Gasteiger partial charge >= 0.3 is 0 Å². The van der Waals surface area contributed by atoms with Crippen LogP contribution >= 0.6 is 0 Å². The lowest BCUT2D eigenvalue weighted by atomic mass is 10.2. The fourth-order valence-corrected chi connectivity index (χ4v) is 1.88. The molecular formula is C11H15N3O3. The molecule has 92 valence electrons. The topological polar surface area (TPSA) is 75.4 Å². The van der Waals surface area contributed by atoms with Gasteiger partial charge in [-0.05, 0) is 13.3 Å². The van der Waals surface area contributed by atoms with Gasteiger partial charge in [-0.25, -0.2) is 0 Å². The third-order valence-corrected chi connectivity index (χ3v) is 2.75. The number of hydrogen-bond donors (Lipinski definition) is 1. The average Bonchev–Trinajstić information content (AvgIpc) is 2.87. The van der Waals surface area contributed by atoms with Gasteiger partial charge < -0.3 is 14.7 Å². The molecule has 0 spiro atoms. The van der Waals surface area contributed by atoms with Crippen molar-refractivity contribution in [3.8, 4) is 0 Å². The molecule has 1 aliphatic rings. The van der Waals surface area contributed by atoms with Crippen LogP contribution in [-0.2, 0) is 16.1 Å². The van der Waals surface area contributed by atoms with Crippen molar-refractivity contribution in [2.24, 2.45) is 0 Å². The smallest absolute Gasteiger partial charge is 0.245 e. The predicted molar refractivity (Wildman–Crippen MR) is 58.9 cm³/mol. The Labute approximate surface area is 98.9 Å². The van der Waals surface area contributed by atoms with E-state index >= 15 is 0 Å². The maximum Gasteiger partial charge on any atom is 0.245 e. The Kier molecular flexibility index (Phi) is 3.12. The summed E-state index contributed by atoms with van der Waals surface area (Å²) in [5, 5.41) is 6.48. The highest BCUT2D eigenvalue weighted by Crippen LogP contribution is 2.11. The molecule has 1 saturated heterocycles. The molecule has 1 aliphatic heterocycles. The van der Waals surface area contributed by atoms with E-state index in [1.807, 2.05) is 0 Å². The van der Waals surface area contributed by atoms with Gasteiger partial charge in [-0.15, -0.1) is 0 Å². The fourth-order valence-electron chi connectivity index (χ4n) is 1.88. The lowest BCUT2D eigenvalue weighted by Crippen LogP contribution is -2.42. The SMILES string of the molecule is Cc1cc(CN(C)C(=O)C2CCC(=O)N2)no1. The largest absolute Gasteiger partial charge is 0.361 e. The molecule has 2 rings (SSSR count). The molecule has 0 aromatic carbocycles. The van der Waals surface area contributed by atoms with E-state index in [1.54, 1.807) is 24.9 Å². The van der Waals surface area contributed by atoms with Crippen molar-refractivity contribution in [1.29, 1.82) is 0 Å². The van der Waals surface area contributed by atoms with Gasteiger partial charge in [-0.1, -0.05) is 5.16 Å². The number of likely N-dealkylation sites (N-methyl/N-ethyl adjacent to an activating group) is 1. The van der Waals surface area contributed by atoms with E-state index in [0.29, 0.717) is 25.1 Å². The van der Waals surface area contributed by atoms with Gasteiger partial charge in [-0.3, -0.25) is 9.59 Å². The highest BCUT2D eigenvalue weighted by molar-refractivity contribution is 5.90. The van der Waals surface area contributed by atoms with Crippen LogP contribution in [0.3, 0.4) is 0 Å². The third-order valence-electron chi connectivity index (χ3n) is 2.75. The molecule has 17 heavy (non-hydrogen) atoms. The van der Waals surface area contributed by atoms with Crippen LogP contribution in [0.4, 0.5) is 0 Å². The van der Waals surface area contributed by atoms with Gasteiger partial charge in [0.05, 0.1) is 6.54 Å². The van der Waals surface area contributed by atoms with E-state index in [2.05, 4.69) is 10.5 Å². The van der Waals surface area contributed by atoms with Gasteiger partial charge in [0.15, 0.2) is 0 Å². The first-order valence-electron chi connectivity index (χ1n) is 5.53. The first-order valence-corrected chi connectivity index (χ1v) is 5.53.